The second-order valence-electron chi connectivity index (χ2n) is 5.20. The third kappa shape index (κ3) is 2.53. The number of rotatable bonds is 4. The lowest BCUT2D eigenvalue weighted by molar-refractivity contribution is -0.0621. The van der Waals surface area contributed by atoms with Crippen molar-refractivity contribution in [3.8, 4) is 6.07 Å². The van der Waals surface area contributed by atoms with E-state index in [1.807, 2.05) is 0 Å². The molecule has 1 N–H and O–H groups in total. The summed E-state index contributed by atoms with van der Waals surface area (Å²) in [5, 5.41) is 25.1. The minimum Gasteiger partial charge on any atom is -0.382 e. The van der Waals surface area contributed by atoms with Crippen LogP contribution in [0.15, 0.2) is 36.9 Å². The smallest absolute Gasteiger partial charge is 0.137 e. The van der Waals surface area contributed by atoms with Crippen LogP contribution in [0.5, 0.6) is 0 Å². The van der Waals surface area contributed by atoms with Gasteiger partial charge < -0.3 is 5.11 Å². The van der Waals surface area contributed by atoms with Crippen molar-refractivity contribution in [2.75, 3.05) is 0 Å². The van der Waals surface area contributed by atoms with Gasteiger partial charge in [-0.15, -0.1) is 0 Å². The fourth-order valence-corrected chi connectivity index (χ4v) is 2.14. The Labute approximate surface area is 122 Å². The highest BCUT2D eigenvalue weighted by molar-refractivity contribution is 6.30. The first-order valence-electron chi connectivity index (χ1n) is 6.11. The van der Waals surface area contributed by atoms with Gasteiger partial charge in [-0.3, -0.25) is 0 Å². The zero-order chi connectivity index (χ0) is 14.8. The Morgan fingerprint density at radius 3 is 2.50 bits per heavy atom. The average molecular weight is 291 g/mol. The molecule has 0 aliphatic heterocycles. The highest BCUT2D eigenvalue weighted by Crippen LogP contribution is 2.40. The Balaban J connectivity index is 2.49. The van der Waals surface area contributed by atoms with Gasteiger partial charge >= 0.3 is 0 Å². The van der Waals surface area contributed by atoms with Gasteiger partial charge in [0.2, 0.25) is 0 Å². The van der Waals surface area contributed by atoms with Gasteiger partial charge in [0.15, 0.2) is 0 Å². The van der Waals surface area contributed by atoms with Crippen molar-refractivity contribution in [2.24, 2.45) is 5.41 Å². The standard InChI is InChI=1S/C14H15ClN4O/c1-13(2,7-16)14(20,8-19-10-17-9-18-19)11-3-5-12(15)6-4-11/h3-6,9-10,20H,8H2,1-2H3. The molecule has 20 heavy (non-hydrogen) atoms. The van der Waals surface area contributed by atoms with E-state index in [9.17, 15) is 10.4 Å². The molecule has 6 heteroatoms. The van der Waals surface area contributed by atoms with Crippen molar-refractivity contribution in [2.45, 2.75) is 26.0 Å². The monoisotopic (exact) mass is 290 g/mol. The minimum absolute atomic E-state index is 0.134. The molecule has 0 bridgehead atoms. The predicted octanol–water partition coefficient (Wildman–Crippen LogP) is 2.37. The SMILES string of the molecule is CC(C)(C#N)C(O)(Cn1cncn1)c1ccc(Cl)cc1. The summed E-state index contributed by atoms with van der Waals surface area (Å²) < 4.78 is 1.51. The summed E-state index contributed by atoms with van der Waals surface area (Å²) in [5.41, 5.74) is -1.80. The van der Waals surface area contributed by atoms with Crippen molar-refractivity contribution in [3.05, 3.63) is 47.5 Å². The van der Waals surface area contributed by atoms with Gasteiger partial charge in [0.25, 0.3) is 0 Å². The first-order valence-corrected chi connectivity index (χ1v) is 6.49. The predicted molar refractivity (Wildman–Crippen MR) is 74.8 cm³/mol. The van der Waals surface area contributed by atoms with Crippen LogP contribution in [-0.2, 0) is 12.1 Å². The van der Waals surface area contributed by atoms with Crippen LogP contribution in [0.25, 0.3) is 0 Å². The first kappa shape index (κ1) is 14.5. The highest BCUT2D eigenvalue weighted by Gasteiger charge is 2.46. The van der Waals surface area contributed by atoms with E-state index >= 15 is 0 Å². The second-order valence-corrected chi connectivity index (χ2v) is 5.63. The zero-order valence-corrected chi connectivity index (χ0v) is 12.0. The maximum absolute atomic E-state index is 11.1. The van der Waals surface area contributed by atoms with E-state index in [-0.39, 0.29) is 6.54 Å². The van der Waals surface area contributed by atoms with Gasteiger partial charge in [-0.05, 0) is 31.5 Å². The number of nitriles is 1. The van der Waals surface area contributed by atoms with E-state index in [0.717, 1.165) is 0 Å². The Bertz CT molecular complexity index is 616. The summed E-state index contributed by atoms with van der Waals surface area (Å²) >= 11 is 5.88. The molecule has 1 aromatic heterocycles. The van der Waals surface area contributed by atoms with Crippen LogP contribution in [0.3, 0.4) is 0 Å². The Morgan fingerprint density at radius 2 is 2.00 bits per heavy atom. The van der Waals surface area contributed by atoms with Crippen molar-refractivity contribution in [1.29, 1.82) is 5.26 Å². The number of aliphatic hydroxyl groups is 1. The Kier molecular flexibility index (Phi) is 3.80. The van der Waals surface area contributed by atoms with E-state index in [2.05, 4.69) is 16.2 Å². The summed E-state index contributed by atoms with van der Waals surface area (Å²) in [6, 6.07) is 8.99. The molecule has 0 radical (unpaired) electrons. The molecule has 0 aliphatic carbocycles. The molecule has 0 saturated heterocycles. The topological polar surface area (TPSA) is 74.7 Å². The number of hydrogen-bond donors (Lipinski definition) is 1. The van der Waals surface area contributed by atoms with E-state index in [4.69, 9.17) is 11.6 Å². The lowest BCUT2D eigenvalue weighted by atomic mass is 9.71. The lowest BCUT2D eigenvalue weighted by Gasteiger charge is -2.38. The Hall–Kier alpha value is -1.90. The van der Waals surface area contributed by atoms with Gasteiger partial charge in [0.1, 0.15) is 18.3 Å². The van der Waals surface area contributed by atoms with Crippen LogP contribution in [0, 0.1) is 16.7 Å². The Morgan fingerprint density at radius 1 is 1.35 bits per heavy atom. The van der Waals surface area contributed by atoms with Crippen molar-refractivity contribution in [3.63, 3.8) is 0 Å². The van der Waals surface area contributed by atoms with Gasteiger partial charge in [-0.2, -0.15) is 10.4 Å². The van der Waals surface area contributed by atoms with Gasteiger partial charge in [0, 0.05) is 5.02 Å². The molecule has 1 aromatic carbocycles. The van der Waals surface area contributed by atoms with E-state index in [0.29, 0.717) is 10.6 Å². The summed E-state index contributed by atoms with van der Waals surface area (Å²) in [7, 11) is 0. The lowest BCUT2D eigenvalue weighted by Crippen LogP contribution is -2.44. The molecule has 2 aromatic rings. The molecule has 0 saturated carbocycles. The molecule has 104 valence electrons. The zero-order valence-electron chi connectivity index (χ0n) is 11.3. The van der Waals surface area contributed by atoms with Crippen molar-refractivity contribution in [1.82, 2.24) is 14.8 Å². The maximum atomic E-state index is 11.1. The van der Waals surface area contributed by atoms with Crippen molar-refractivity contribution < 1.29 is 5.11 Å². The second kappa shape index (κ2) is 5.23. The van der Waals surface area contributed by atoms with E-state index in [1.165, 1.54) is 17.3 Å². The van der Waals surface area contributed by atoms with E-state index in [1.54, 1.807) is 38.1 Å². The van der Waals surface area contributed by atoms with Crippen molar-refractivity contribution >= 4 is 11.6 Å². The molecular weight excluding hydrogens is 276 g/mol. The molecule has 0 fully saturated rings. The van der Waals surface area contributed by atoms with Crippen LogP contribution in [0.2, 0.25) is 5.02 Å². The first-order chi connectivity index (χ1) is 9.39. The maximum Gasteiger partial charge on any atom is 0.137 e. The minimum atomic E-state index is -1.40. The fraction of sp³-hybridized carbons (Fsp3) is 0.357. The number of aromatic nitrogens is 3. The quantitative estimate of drug-likeness (QED) is 0.938. The fourth-order valence-electron chi connectivity index (χ4n) is 2.02. The molecular formula is C14H15ClN4O. The number of halogens is 1. The number of nitrogens with zero attached hydrogens (tertiary/aromatic N) is 4. The average Bonchev–Trinajstić information content (AvgIpc) is 2.91. The van der Waals surface area contributed by atoms with Gasteiger partial charge in [-0.25, -0.2) is 9.67 Å². The summed E-state index contributed by atoms with van der Waals surface area (Å²) in [5.74, 6) is 0. The third-order valence-electron chi connectivity index (χ3n) is 3.49. The molecule has 1 unspecified atom stereocenters. The van der Waals surface area contributed by atoms with Gasteiger partial charge in [0.05, 0.1) is 18.0 Å². The van der Waals surface area contributed by atoms with E-state index < -0.39 is 11.0 Å². The number of benzene rings is 1. The van der Waals surface area contributed by atoms with Crippen LogP contribution in [-0.4, -0.2) is 19.9 Å². The summed E-state index contributed by atoms with van der Waals surface area (Å²) in [4.78, 5) is 3.86. The molecule has 1 atom stereocenters. The molecule has 0 spiro atoms. The number of hydrogen-bond acceptors (Lipinski definition) is 4. The third-order valence-corrected chi connectivity index (χ3v) is 3.74. The molecule has 0 amide bonds. The van der Waals surface area contributed by atoms with Crippen LogP contribution >= 0.6 is 11.6 Å². The van der Waals surface area contributed by atoms with Crippen LogP contribution in [0.4, 0.5) is 0 Å². The summed E-state index contributed by atoms with van der Waals surface area (Å²) in [6.07, 6.45) is 2.90. The normalized spacial score (nSPS) is 14.6. The molecule has 2 rings (SSSR count). The molecule has 1 heterocycles. The van der Waals surface area contributed by atoms with Crippen LogP contribution in [0.1, 0.15) is 19.4 Å². The highest BCUT2D eigenvalue weighted by atomic mass is 35.5. The summed E-state index contributed by atoms with van der Waals surface area (Å²) in [6.45, 7) is 3.52. The van der Waals surface area contributed by atoms with Gasteiger partial charge in [-0.1, -0.05) is 23.7 Å². The van der Waals surface area contributed by atoms with Crippen LogP contribution < -0.4 is 0 Å². The molecule has 5 nitrogen and oxygen atoms in total. The molecule has 0 aliphatic rings. The largest absolute Gasteiger partial charge is 0.382 e.